The van der Waals surface area contributed by atoms with E-state index >= 15 is 0 Å². The van der Waals surface area contributed by atoms with Gasteiger partial charge < -0.3 is 45.4 Å². The van der Waals surface area contributed by atoms with Crippen molar-refractivity contribution in [2.24, 2.45) is 0 Å². The molecule has 0 radical (unpaired) electrons. The molecule has 0 unspecified atom stereocenters. The number of nitrogens with one attached hydrogen (secondary N) is 8. The minimum absolute atomic E-state index is 0.103. The molecule has 16 nitrogen and oxygen atoms in total. The number of carbonyl (C=O) groups is 5. The van der Waals surface area contributed by atoms with Crippen LogP contribution in [0.15, 0.2) is 43.0 Å². The molecule has 0 aliphatic carbocycles. The molecule has 16 heteroatoms. The summed E-state index contributed by atoms with van der Waals surface area (Å²) in [4.78, 5) is 75.9. The minimum Gasteiger partial charge on any atom is -0.464 e. The summed E-state index contributed by atoms with van der Waals surface area (Å²) in [6, 6.07) is 4.23. The van der Waals surface area contributed by atoms with Crippen molar-refractivity contribution in [3.05, 3.63) is 65.9 Å². The summed E-state index contributed by atoms with van der Waals surface area (Å²) in [7, 11) is 1.24. The van der Waals surface area contributed by atoms with Crippen LogP contribution in [0, 0.1) is 0 Å². The number of hydrogen-bond donors (Lipinski definition) is 8. The molecule has 0 saturated carbocycles. The molecule has 0 saturated heterocycles. The lowest BCUT2D eigenvalue weighted by molar-refractivity contribution is 0.0592. The quantitative estimate of drug-likeness (QED) is 0.147. The molecule has 4 aromatic heterocycles. The molecule has 4 rings (SSSR count). The van der Waals surface area contributed by atoms with Gasteiger partial charge in [-0.2, -0.15) is 0 Å². The second kappa shape index (κ2) is 11.5. The second-order valence-corrected chi connectivity index (χ2v) is 9.53. The third kappa shape index (κ3) is 7.41. The molecule has 0 spiro atoms. The van der Waals surface area contributed by atoms with Crippen molar-refractivity contribution < 1.29 is 33.4 Å². The van der Waals surface area contributed by atoms with Gasteiger partial charge in [0.2, 0.25) is 0 Å². The van der Waals surface area contributed by atoms with Crippen molar-refractivity contribution in [3.63, 3.8) is 0 Å². The zero-order chi connectivity index (χ0) is 29.7. The van der Waals surface area contributed by atoms with Gasteiger partial charge in [-0.3, -0.25) is 19.7 Å². The van der Waals surface area contributed by atoms with Crippen molar-refractivity contribution in [1.82, 2.24) is 24.9 Å². The number of esters is 1. The van der Waals surface area contributed by atoms with Gasteiger partial charge in [-0.05, 0) is 39.0 Å². The first-order chi connectivity index (χ1) is 19.4. The predicted molar refractivity (Wildman–Crippen MR) is 146 cm³/mol. The zero-order valence-corrected chi connectivity index (χ0v) is 22.3. The molecule has 4 amide bonds. The van der Waals surface area contributed by atoms with Gasteiger partial charge in [0.15, 0.2) is 5.82 Å². The van der Waals surface area contributed by atoms with Gasteiger partial charge in [0, 0.05) is 18.6 Å². The van der Waals surface area contributed by atoms with Crippen molar-refractivity contribution in [2.75, 3.05) is 28.4 Å². The molecular formula is C25H27N9O7. The second-order valence-electron chi connectivity index (χ2n) is 9.53. The van der Waals surface area contributed by atoms with E-state index in [-0.39, 0.29) is 34.4 Å². The lowest BCUT2D eigenvalue weighted by Crippen LogP contribution is -2.27. The highest BCUT2D eigenvalue weighted by molar-refractivity contribution is 6.07. The smallest absolute Gasteiger partial charge is 0.412 e. The Bertz CT molecular complexity index is 1600. The third-order valence-corrected chi connectivity index (χ3v) is 5.14. The van der Waals surface area contributed by atoms with Crippen LogP contribution in [0.1, 0.15) is 62.9 Å². The van der Waals surface area contributed by atoms with Crippen LogP contribution >= 0.6 is 0 Å². The van der Waals surface area contributed by atoms with Crippen LogP contribution in [-0.2, 0) is 9.47 Å². The fraction of sp³-hybridized carbons (Fsp3) is 0.200. The highest BCUT2D eigenvalue weighted by Gasteiger charge is 2.19. The van der Waals surface area contributed by atoms with Crippen LogP contribution in [-0.4, -0.2) is 67.4 Å². The molecule has 0 aliphatic rings. The number of hydrogen-bond acceptors (Lipinski definition) is 8. The van der Waals surface area contributed by atoms with Gasteiger partial charge in [-0.25, -0.2) is 14.6 Å². The summed E-state index contributed by atoms with van der Waals surface area (Å²) in [5.74, 6) is -2.24. The Morgan fingerprint density at radius 3 is 1.83 bits per heavy atom. The molecule has 0 atom stereocenters. The average molecular weight is 566 g/mol. The Hall–Kier alpha value is -5.80. The van der Waals surface area contributed by atoms with E-state index in [9.17, 15) is 24.0 Å². The van der Waals surface area contributed by atoms with Crippen LogP contribution in [0.4, 0.5) is 27.7 Å². The summed E-state index contributed by atoms with van der Waals surface area (Å²) in [6.07, 6.45) is 4.85. The maximum atomic E-state index is 12.6. The normalized spacial score (nSPS) is 10.9. The number of imidazole rings is 1. The number of nitrogens with zero attached hydrogens (tertiary/aromatic N) is 1. The maximum absolute atomic E-state index is 12.6. The Labute approximate surface area is 232 Å². The first kappa shape index (κ1) is 28.2. The summed E-state index contributed by atoms with van der Waals surface area (Å²) in [5.41, 5.74) is 0.719. The van der Waals surface area contributed by atoms with Crippen LogP contribution in [0.2, 0.25) is 0 Å². The summed E-state index contributed by atoms with van der Waals surface area (Å²) < 4.78 is 9.78. The maximum Gasteiger partial charge on any atom is 0.412 e. The molecule has 4 heterocycles. The van der Waals surface area contributed by atoms with Gasteiger partial charge in [-0.15, -0.1) is 0 Å². The van der Waals surface area contributed by atoms with Crippen LogP contribution in [0.25, 0.3) is 0 Å². The lowest BCUT2D eigenvalue weighted by Gasteiger charge is -2.19. The topological polar surface area (TPSA) is 228 Å². The Morgan fingerprint density at radius 1 is 0.732 bits per heavy atom. The van der Waals surface area contributed by atoms with E-state index in [2.05, 4.69) is 50.9 Å². The van der Waals surface area contributed by atoms with Crippen molar-refractivity contribution in [2.45, 2.75) is 26.4 Å². The summed E-state index contributed by atoms with van der Waals surface area (Å²) in [6.45, 7) is 5.19. The monoisotopic (exact) mass is 565 g/mol. The molecule has 8 N–H and O–H groups in total. The van der Waals surface area contributed by atoms with Crippen LogP contribution < -0.4 is 21.3 Å². The Kier molecular flexibility index (Phi) is 7.93. The van der Waals surface area contributed by atoms with Gasteiger partial charge in [-0.1, -0.05) is 0 Å². The summed E-state index contributed by atoms with van der Waals surface area (Å²) >= 11 is 0. The average Bonchev–Trinajstić information content (AvgIpc) is 3.70. The van der Waals surface area contributed by atoms with Gasteiger partial charge in [0.25, 0.3) is 17.7 Å². The molecule has 4 aromatic rings. The van der Waals surface area contributed by atoms with Crippen molar-refractivity contribution in [3.8, 4) is 0 Å². The molecule has 0 fully saturated rings. The van der Waals surface area contributed by atoms with E-state index in [1.807, 2.05) is 0 Å². The van der Waals surface area contributed by atoms with E-state index in [0.717, 1.165) is 0 Å². The minimum atomic E-state index is -0.676. The number of amides is 4. The number of aromatic amines is 4. The molecule has 41 heavy (non-hydrogen) atoms. The van der Waals surface area contributed by atoms with E-state index in [1.54, 1.807) is 20.8 Å². The number of methoxy groups -OCH3 is 1. The molecular weight excluding hydrogens is 538 g/mol. The highest BCUT2D eigenvalue weighted by atomic mass is 16.6. The Balaban J connectivity index is 1.30. The Morgan fingerprint density at radius 2 is 1.24 bits per heavy atom. The van der Waals surface area contributed by atoms with E-state index in [4.69, 9.17) is 4.74 Å². The lowest BCUT2D eigenvalue weighted by atomic mass is 10.2. The fourth-order valence-electron chi connectivity index (χ4n) is 3.39. The van der Waals surface area contributed by atoms with E-state index in [1.165, 1.54) is 50.1 Å². The van der Waals surface area contributed by atoms with Gasteiger partial charge >= 0.3 is 12.1 Å². The highest BCUT2D eigenvalue weighted by Crippen LogP contribution is 2.17. The first-order valence-electron chi connectivity index (χ1n) is 12.0. The van der Waals surface area contributed by atoms with Crippen molar-refractivity contribution in [1.29, 1.82) is 0 Å². The molecule has 0 bridgehead atoms. The van der Waals surface area contributed by atoms with Gasteiger partial charge in [0.1, 0.15) is 28.5 Å². The first-order valence-corrected chi connectivity index (χ1v) is 12.0. The van der Waals surface area contributed by atoms with E-state index in [0.29, 0.717) is 11.4 Å². The number of carbonyl (C=O) groups excluding carboxylic acids is 5. The standard InChI is InChI=1S/C25H27N9O7/c1-25(2,3)41-24(39)32-14-6-16(27-10-14)21(36)34-18-11-29-19(33-18)22(37)31-12-5-15(26-8-12)20(35)30-13-7-17(28-9-13)23(38)40-4/h5-11,26-28H,1-4H3,(H,29,33)(H,30,35)(H,31,37)(H,32,39)(H,34,36). The largest absolute Gasteiger partial charge is 0.464 e. The number of rotatable bonds is 8. The predicted octanol–water partition coefficient (Wildman–Crippen LogP) is 3.28. The SMILES string of the molecule is COC(=O)c1cc(NC(=O)c2cc(NC(=O)c3ncc(NC(=O)c4cc(NC(=O)OC(C)(C)C)c[nH]4)[nH]3)c[nH]2)c[nH]1. The molecule has 0 aliphatic heterocycles. The molecule has 0 aromatic carbocycles. The third-order valence-electron chi connectivity index (χ3n) is 5.14. The number of aromatic nitrogens is 5. The van der Waals surface area contributed by atoms with Crippen molar-refractivity contribution >= 4 is 52.7 Å². The number of ether oxygens (including phenoxy) is 2. The summed E-state index contributed by atoms with van der Waals surface area (Å²) in [5, 5.41) is 10.2. The van der Waals surface area contributed by atoms with E-state index < -0.39 is 35.4 Å². The number of H-pyrrole nitrogens is 4. The van der Waals surface area contributed by atoms with Gasteiger partial charge in [0.05, 0.1) is 30.4 Å². The zero-order valence-electron chi connectivity index (χ0n) is 22.3. The molecule has 214 valence electrons. The van der Waals surface area contributed by atoms with Crippen LogP contribution in [0.5, 0.6) is 0 Å². The fourth-order valence-corrected chi connectivity index (χ4v) is 3.39. The van der Waals surface area contributed by atoms with Crippen LogP contribution in [0.3, 0.4) is 0 Å². The number of anilines is 4.